The third kappa shape index (κ3) is 1.76. The number of aromatic nitrogens is 1. The average Bonchev–Trinajstić information content (AvgIpc) is 2.84. The van der Waals surface area contributed by atoms with Gasteiger partial charge < -0.3 is 9.14 Å². The van der Waals surface area contributed by atoms with Gasteiger partial charge in [-0.3, -0.25) is 0 Å². The molecule has 0 radical (unpaired) electrons. The Balaban J connectivity index is 2.10. The van der Waals surface area contributed by atoms with Crippen molar-refractivity contribution in [2.45, 2.75) is 6.92 Å². The fourth-order valence-corrected chi connectivity index (χ4v) is 2.23. The lowest BCUT2D eigenvalue weighted by Crippen LogP contribution is -1.82. The van der Waals surface area contributed by atoms with Crippen LogP contribution in [0.1, 0.15) is 5.56 Å². The second-order valence-corrected chi connectivity index (χ2v) is 4.44. The first kappa shape index (κ1) is 10.9. The van der Waals surface area contributed by atoms with Crippen molar-refractivity contribution in [2.24, 2.45) is 0 Å². The molecule has 0 bridgehead atoms. The van der Waals surface area contributed by atoms with Crippen molar-refractivity contribution in [3.8, 4) is 16.9 Å². The number of benzene rings is 1. The average molecular weight is 237 g/mol. The van der Waals surface area contributed by atoms with Crippen molar-refractivity contribution in [1.82, 2.24) is 4.40 Å². The van der Waals surface area contributed by atoms with E-state index < -0.39 is 0 Å². The largest absolute Gasteiger partial charge is 0.497 e. The van der Waals surface area contributed by atoms with E-state index in [4.69, 9.17) is 4.74 Å². The standard InChI is InChI=1S/C16H15NO/c1-12-4-3-9-17-11-14(10-16(12)17)13-5-7-15(18-2)8-6-13/h3-11H,1-2H3. The molecule has 0 unspecified atom stereocenters. The van der Waals surface area contributed by atoms with Gasteiger partial charge in [0, 0.05) is 23.5 Å². The third-order valence-electron chi connectivity index (χ3n) is 3.27. The van der Waals surface area contributed by atoms with Crippen molar-refractivity contribution in [3.63, 3.8) is 0 Å². The number of methoxy groups -OCH3 is 1. The lowest BCUT2D eigenvalue weighted by Gasteiger charge is -2.00. The zero-order valence-corrected chi connectivity index (χ0v) is 10.6. The summed E-state index contributed by atoms with van der Waals surface area (Å²) in [4.78, 5) is 0. The molecule has 0 aliphatic carbocycles. The summed E-state index contributed by atoms with van der Waals surface area (Å²) in [6, 6.07) is 14.6. The molecule has 0 saturated carbocycles. The van der Waals surface area contributed by atoms with Crippen LogP contribution >= 0.6 is 0 Å². The smallest absolute Gasteiger partial charge is 0.118 e. The third-order valence-corrected chi connectivity index (χ3v) is 3.27. The Labute approximate surface area is 106 Å². The van der Waals surface area contributed by atoms with E-state index in [1.54, 1.807) is 7.11 Å². The zero-order valence-electron chi connectivity index (χ0n) is 10.6. The van der Waals surface area contributed by atoms with Crippen LogP contribution in [0.5, 0.6) is 5.75 Å². The number of hydrogen-bond donors (Lipinski definition) is 0. The fraction of sp³-hybridized carbons (Fsp3) is 0.125. The van der Waals surface area contributed by atoms with Crippen LogP contribution in [0.4, 0.5) is 0 Å². The molecule has 2 aromatic heterocycles. The van der Waals surface area contributed by atoms with Crippen molar-refractivity contribution < 1.29 is 4.74 Å². The maximum atomic E-state index is 5.18. The number of rotatable bonds is 2. The molecule has 2 heteroatoms. The van der Waals surface area contributed by atoms with Crippen LogP contribution < -0.4 is 4.74 Å². The highest BCUT2D eigenvalue weighted by Gasteiger charge is 2.04. The van der Waals surface area contributed by atoms with E-state index in [1.165, 1.54) is 22.2 Å². The molecule has 1 aromatic carbocycles. The van der Waals surface area contributed by atoms with Crippen LogP contribution in [0, 0.1) is 6.92 Å². The topological polar surface area (TPSA) is 13.6 Å². The van der Waals surface area contributed by atoms with Gasteiger partial charge in [-0.05, 0) is 42.3 Å². The number of pyridine rings is 1. The second-order valence-electron chi connectivity index (χ2n) is 4.44. The molecule has 0 aliphatic rings. The Bertz CT molecular complexity index is 680. The van der Waals surface area contributed by atoms with E-state index >= 15 is 0 Å². The lowest BCUT2D eigenvalue weighted by atomic mass is 10.1. The molecule has 0 fully saturated rings. The van der Waals surface area contributed by atoms with Gasteiger partial charge in [0.1, 0.15) is 5.75 Å². The van der Waals surface area contributed by atoms with Crippen molar-refractivity contribution in [2.75, 3.05) is 7.11 Å². The molecule has 0 amide bonds. The minimum atomic E-state index is 0.888. The van der Waals surface area contributed by atoms with Crippen LogP contribution in [-0.2, 0) is 0 Å². The molecule has 3 rings (SSSR count). The van der Waals surface area contributed by atoms with Gasteiger partial charge in [-0.25, -0.2) is 0 Å². The van der Waals surface area contributed by atoms with Gasteiger partial charge in [-0.1, -0.05) is 18.2 Å². The molecule has 0 aliphatic heterocycles. The highest BCUT2D eigenvalue weighted by atomic mass is 16.5. The highest BCUT2D eigenvalue weighted by molar-refractivity contribution is 5.72. The highest BCUT2D eigenvalue weighted by Crippen LogP contribution is 2.25. The minimum Gasteiger partial charge on any atom is -0.497 e. The summed E-state index contributed by atoms with van der Waals surface area (Å²) in [5.74, 6) is 0.888. The first-order valence-corrected chi connectivity index (χ1v) is 6.00. The maximum Gasteiger partial charge on any atom is 0.118 e. The number of ether oxygens (including phenoxy) is 1. The first-order valence-electron chi connectivity index (χ1n) is 6.00. The zero-order chi connectivity index (χ0) is 12.5. The van der Waals surface area contributed by atoms with E-state index in [-0.39, 0.29) is 0 Å². The van der Waals surface area contributed by atoms with Gasteiger partial charge in [-0.15, -0.1) is 0 Å². The van der Waals surface area contributed by atoms with Crippen molar-refractivity contribution >= 4 is 5.52 Å². The summed E-state index contributed by atoms with van der Waals surface area (Å²) in [7, 11) is 1.69. The molecular weight excluding hydrogens is 222 g/mol. The van der Waals surface area contributed by atoms with Crippen LogP contribution in [-0.4, -0.2) is 11.5 Å². The van der Waals surface area contributed by atoms with Crippen molar-refractivity contribution in [1.29, 1.82) is 0 Å². The summed E-state index contributed by atoms with van der Waals surface area (Å²) in [5.41, 5.74) is 4.98. The van der Waals surface area contributed by atoms with Crippen LogP contribution in [0.3, 0.4) is 0 Å². The SMILES string of the molecule is COc1ccc(-c2cc3c(C)cccn3c2)cc1. The minimum absolute atomic E-state index is 0.888. The van der Waals surface area contributed by atoms with Gasteiger partial charge in [0.15, 0.2) is 0 Å². The lowest BCUT2D eigenvalue weighted by molar-refractivity contribution is 0.415. The predicted octanol–water partition coefficient (Wildman–Crippen LogP) is 3.92. The number of aryl methyl sites for hydroxylation is 1. The van der Waals surface area contributed by atoms with Crippen LogP contribution in [0.2, 0.25) is 0 Å². The van der Waals surface area contributed by atoms with Crippen LogP contribution in [0.25, 0.3) is 16.6 Å². The molecule has 2 heterocycles. The Morgan fingerprint density at radius 3 is 2.44 bits per heavy atom. The summed E-state index contributed by atoms with van der Waals surface area (Å²) >= 11 is 0. The molecule has 90 valence electrons. The van der Waals surface area contributed by atoms with E-state index in [0.717, 1.165) is 5.75 Å². The number of fused-ring (bicyclic) bond motifs is 1. The molecular formula is C16H15NO. The molecule has 0 saturated heterocycles. The van der Waals surface area contributed by atoms with Gasteiger partial charge in [0.2, 0.25) is 0 Å². The predicted molar refractivity (Wildman–Crippen MR) is 74.1 cm³/mol. The van der Waals surface area contributed by atoms with E-state index in [1.807, 2.05) is 12.1 Å². The summed E-state index contributed by atoms with van der Waals surface area (Å²) in [5, 5.41) is 0. The first-order chi connectivity index (χ1) is 8.78. The summed E-state index contributed by atoms with van der Waals surface area (Å²) < 4.78 is 7.34. The maximum absolute atomic E-state index is 5.18. The summed E-state index contributed by atoms with van der Waals surface area (Å²) in [6.07, 6.45) is 4.24. The van der Waals surface area contributed by atoms with E-state index in [0.29, 0.717) is 0 Å². The monoisotopic (exact) mass is 237 g/mol. The van der Waals surface area contributed by atoms with Crippen LogP contribution in [0.15, 0.2) is 54.9 Å². The van der Waals surface area contributed by atoms with Crippen molar-refractivity contribution in [3.05, 3.63) is 60.4 Å². The molecule has 3 aromatic rings. The Hall–Kier alpha value is -2.22. The van der Waals surface area contributed by atoms with Gasteiger partial charge >= 0.3 is 0 Å². The van der Waals surface area contributed by atoms with Gasteiger partial charge in [0.25, 0.3) is 0 Å². The van der Waals surface area contributed by atoms with Gasteiger partial charge in [0.05, 0.1) is 7.11 Å². The fourth-order valence-electron chi connectivity index (χ4n) is 2.23. The van der Waals surface area contributed by atoms with E-state index in [9.17, 15) is 0 Å². The molecule has 0 atom stereocenters. The quantitative estimate of drug-likeness (QED) is 0.658. The Kier molecular flexibility index (Phi) is 2.56. The number of hydrogen-bond acceptors (Lipinski definition) is 1. The number of nitrogens with zero attached hydrogens (tertiary/aromatic N) is 1. The molecule has 0 spiro atoms. The molecule has 2 nitrogen and oxygen atoms in total. The summed E-state index contributed by atoms with van der Waals surface area (Å²) in [6.45, 7) is 2.13. The van der Waals surface area contributed by atoms with E-state index in [2.05, 4.69) is 54.0 Å². The van der Waals surface area contributed by atoms with Gasteiger partial charge in [-0.2, -0.15) is 0 Å². The molecule has 0 N–H and O–H groups in total. The Morgan fingerprint density at radius 1 is 1.00 bits per heavy atom. The Morgan fingerprint density at radius 2 is 1.78 bits per heavy atom. The molecule has 18 heavy (non-hydrogen) atoms. The second kappa shape index (κ2) is 4.22. The normalized spacial score (nSPS) is 10.8.